The van der Waals surface area contributed by atoms with Gasteiger partial charge in [0.05, 0.1) is 0 Å². The van der Waals surface area contributed by atoms with Gasteiger partial charge in [-0.3, -0.25) is 4.90 Å². The molecule has 0 spiro atoms. The molecule has 9 heteroatoms. The molecule has 1 aromatic heterocycles. The molecule has 4 rings (SSSR count). The molecule has 0 saturated carbocycles. The Bertz CT molecular complexity index is 870. The average Bonchev–Trinajstić information content (AvgIpc) is 3.06. The average molecular weight is 435 g/mol. The lowest BCUT2D eigenvalue weighted by Gasteiger charge is -2.34. The molecule has 1 aromatic carbocycles. The third kappa shape index (κ3) is 4.76. The fraction of sp³-hybridized carbons (Fsp3) is 0.476. The van der Waals surface area contributed by atoms with Crippen LogP contribution in [0.3, 0.4) is 0 Å². The van der Waals surface area contributed by atoms with E-state index >= 15 is 0 Å². The van der Waals surface area contributed by atoms with Crippen molar-refractivity contribution in [3.05, 3.63) is 40.9 Å². The van der Waals surface area contributed by atoms with Crippen LogP contribution in [0, 0.1) is 0 Å². The number of anilines is 1. The molecule has 0 radical (unpaired) electrons. The second kappa shape index (κ2) is 9.06. The summed E-state index contributed by atoms with van der Waals surface area (Å²) < 4.78 is 0.711. The van der Waals surface area contributed by atoms with E-state index < -0.39 is 6.09 Å². The van der Waals surface area contributed by atoms with Crippen LogP contribution in [0.2, 0.25) is 5.02 Å². The van der Waals surface area contributed by atoms with Gasteiger partial charge in [-0.15, -0.1) is 4.73 Å². The number of hydrogen-bond donors (Lipinski definition) is 2. The lowest BCUT2D eigenvalue weighted by molar-refractivity contribution is 0.0555. The highest BCUT2D eigenvalue weighted by molar-refractivity contribution is 6.30. The van der Waals surface area contributed by atoms with E-state index in [1.54, 1.807) is 4.90 Å². The zero-order chi connectivity index (χ0) is 21.1. The van der Waals surface area contributed by atoms with E-state index in [0.717, 1.165) is 24.7 Å². The number of aromatic hydroxyl groups is 2. The molecule has 2 fully saturated rings. The first-order valence-electron chi connectivity index (χ1n) is 10.3. The first-order chi connectivity index (χ1) is 14.5. The van der Waals surface area contributed by atoms with Crippen LogP contribution in [-0.4, -0.2) is 70.1 Å². The maximum atomic E-state index is 12.3. The molecule has 2 saturated heterocycles. The smallest absolute Gasteiger partial charge is 0.434 e. The fourth-order valence-corrected chi connectivity index (χ4v) is 4.29. The van der Waals surface area contributed by atoms with Gasteiger partial charge in [0, 0.05) is 68.7 Å². The van der Waals surface area contributed by atoms with Gasteiger partial charge >= 0.3 is 6.09 Å². The Labute approximate surface area is 180 Å². The lowest BCUT2D eigenvalue weighted by Crippen LogP contribution is -2.50. The topological polar surface area (TPSA) is 81.4 Å². The molecule has 0 unspecified atom stereocenters. The predicted octanol–water partition coefficient (Wildman–Crippen LogP) is 2.91. The molecule has 162 valence electrons. The van der Waals surface area contributed by atoms with Crippen molar-refractivity contribution in [2.45, 2.75) is 25.8 Å². The summed E-state index contributed by atoms with van der Waals surface area (Å²) in [7, 11) is 0. The largest absolute Gasteiger partial charge is 0.492 e. The van der Waals surface area contributed by atoms with Crippen LogP contribution in [0.4, 0.5) is 10.5 Å². The Morgan fingerprint density at radius 1 is 0.933 bits per heavy atom. The standard InChI is InChI=1S/C21H27ClN4O4/c22-17-12-16(13-18(14-17)24-6-2-1-3-7-24)15-23-8-10-25(11-9-23)21(29)30-26-19(27)4-5-20(26)28/h4-5,12-14,27-28H,1-3,6-11,15H2. The molecule has 0 aliphatic carbocycles. The van der Waals surface area contributed by atoms with Crippen molar-refractivity contribution < 1.29 is 19.8 Å². The van der Waals surface area contributed by atoms with E-state index in [-0.39, 0.29) is 11.8 Å². The summed E-state index contributed by atoms with van der Waals surface area (Å²) in [5.74, 6) is -0.657. The molecule has 2 aromatic rings. The minimum absolute atomic E-state index is 0.329. The second-order valence-electron chi connectivity index (χ2n) is 7.83. The molecular weight excluding hydrogens is 408 g/mol. The highest BCUT2D eigenvalue weighted by Gasteiger charge is 2.24. The van der Waals surface area contributed by atoms with Gasteiger partial charge in [0.1, 0.15) is 0 Å². The van der Waals surface area contributed by atoms with E-state index in [1.165, 1.54) is 42.6 Å². The number of piperazine rings is 1. The fourth-order valence-electron chi connectivity index (χ4n) is 4.04. The molecule has 0 bridgehead atoms. The van der Waals surface area contributed by atoms with Gasteiger partial charge < -0.3 is 24.9 Å². The van der Waals surface area contributed by atoms with Crippen molar-refractivity contribution in [3.63, 3.8) is 0 Å². The van der Waals surface area contributed by atoms with E-state index in [1.807, 2.05) is 12.1 Å². The normalized spacial score (nSPS) is 17.9. The lowest BCUT2D eigenvalue weighted by atomic mass is 10.1. The monoisotopic (exact) mass is 434 g/mol. The summed E-state index contributed by atoms with van der Waals surface area (Å²) in [6.07, 6.45) is 3.13. The van der Waals surface area contributed by atoms with Gasteiger partial charge in [-0.05, 0) is 43.0 Å². The number of nitrogens with zero attached hydrogens (tertiary/aromatic N) is 4. The maximum Gasteiger partial charge on any atom is 0.434 e. The summed E-state index contributed by atoms with van der Waals surface area (Å²) >= 11 is 6.39. The Hall–Kier alpha value is -2.58. The van der Waals surface area contributed by atoms with Gasteiger partial charge in [-0.1, -0.05) is 11.6 Å². The quantitative estimate of drug-likeness (QED) is 0.770. The zero-order valence-corrected chi connectivity index (χ0v) is 17.6. The number of amides is 1. The number of halogens is 1. The SMILES string of the molecule is O=C(On1c(O)ccc1O)N1CCN(Cc2cc(Cl)cc(N3CCCCC3)c2)CC1. The van der Waals surface area contributed by atoms with Crippen molar-refractivity contribution >= 4 is 23.4 Å². The molecule has 3 heterocycles. The van der Waals surface area contributed by atoms with Crippen LogP contribution in [0.15, 0.2) is 30.3 Å². The van der Waals surface area contributed by atoms with Crippen molar-refractivity contribution in [3.8, 4) is 11.8 Å². The van der Waals surface area contributed by atoms with Gasteiger partial charge in [0.25, 0.3) is 0 Å². The summed E-state index contributed by atoms with van der Waals surface area (Å²) in [5, 5.41) is 20.0. The van der Waals surface area contributed by atoms with Gasteiger partial charge in [0.15, 0.2) is 0 Å². The number of piperidine rings is 1. The van der Waals surface area contributed by atoms with E-state index in [4.69, 9.17) is 16.4 Å². The molecule has 2 aliphatic heterocycles. The first kappa shape index (κ1) is 20.7. The summed E-state index contributed by atoms with van der Waals surface area (Å²) in [6, 6.07) is 8.77. The molecule has 8 nitrogen and oxygen atoms in total. The van der Waals surface area contributed by atoms with Crippen LogP contribution < -0.4 is 9.74 Å². The molecule has 2 N–H and O–H groups in total. The van der Waals surface area contributed by atoms with Crippen LogP contribution in [0.5, 0.6) is 11.8 Å². The number of rotatable bonds is 4. The van der Waals surface area contributed by atoms with E-state index in [9.17, 15) is 15.0 Å². The van der Waals surface area contributed by atoms with Gasteiger partial charge in [0.2, 0.25) is 11.8 Å². The molecule has 30 heavy (non-hydrogen) atoms. The van der Waals surface area contributed by atoms with Crippen LogP contribution in [-0.2, 0) is 6.54 Å². The van der Waals surface area contributed by atoms with Gasteiger partial charge in [-0.2, -0.15) is 0 Å². The van der Waals surface area contributed by atoms with Crippen molar-refractivity contribution in [2.24, 2.45) is 0 Å². The zero-order valence-electron chi connectivity index (χ0n) is 16.8. The minimum atomic E-state index is -0.605. The van der Waals surface area contributed by atoms with Crippen LogP contribution >= 0.6 is 11.6 Å². The summed E-state index contributed by atoms with van der Waals surface area (Å²) in [6.45, 7) is 5.32. The third-order valence-electron chi connectivity index (χ3n) is 5.67. The maximum absolute atomic E-state index is 12.3. The molecule has 2 aliphatic rings. The Morgan fingerprint density at radius 3 is 2.27 bits per heavy atom. The number of carbonyl (C=O) groups excluding carboxylic acids is 1. The number of aromatic nitrogens is 1. The predicted molar refractivity (Wildman–Crippen MR) is 114 cm³/mol. The Kier molecular flexibility index (Phi) is 6.24. The third-order valence-corrected chi connectivity index (χ3v) is 5.89. The Morgan fingerprint density at radius 2 is 1.60 bits per heavy atom. The number of carbonyl (C=O) groups is 1. The van der Waals surface area contributed by atoms with Crippen molar-refractivity contribution in [2.75, 3.05) is 44.2 Å². The van der Waals surface area contributed by atoms with Crippen molar-refractivity contribution in [1.82, 2.24) is 14.5 Å². The highest BCUT2D eigenvalue weighted by atomic mass is 35.5. The highest BCUT2D eigenvalue weighted by Crippen LogP contribution is 2.26. The van der Waals surface area contributed by atoms with E-state index in [0.29, 0.717) is 30.9 Å². The molecular formula is C21H27ClN4O4. The van der Waals surface area contributed by atoms with Crippen molar-refractivity contribution in [1.29, 1.82) is 0 Å². The molecule has 1 amide bonds. The second-order valence-corrected chi connectivity index (χ2v) is 8.27. The summed E-state index contributed by atoms with van der Waals surface area (Å²) in [4.78, 5) is 23.6. The van der Waals surface area contributed by atoms with E-state index in [2.05, 4.69) is 15.9 Å². The van der Waals surface area contributed by atoms with Crippen LogP contribution in [0.25, 0.3) is 0 Å². The number of benzene rings is 1. The Balaban J connectivity index is 1.32. The number of hydrogen-bond acceptors (Lipinski definition) is 6. The van der Waals surface area contributed by atoms with Gasteiger partial charge in [-0.25, -0.2) is 4.79 Å². The summed E-state index contributed by atoms with van der Waals surface area (Å²) in [5.41, 5.74) is 2.35. The molecule has 0 atom stereocenters. The van der Waals surface area contributed by atoms with Crippen LogP contribution in [0.1, 0.15) is 24.8 Å². The minimum Gasteiger partial charge on any atom is -0.492 e. The first-order valence-corrected chi connectivity index (χ1v) is 10.7.